The predicted octanol–water partition coefficient (Wildman–Crippen LogP) is 6.22. The molecule has 0 aromatic heterocycles. The van der Waals surface area contributed by atoms with Crippen LogP contribution in [0.25, 0.3) is 0 Å². The van der Waals surface area contributed by atoms with Gasteiger partial charge in [-0.05, 0) is 36.0 Å². The first kappa shape index (κ1) is 38.7. The van der Waals surface area contributed by atoms with E-state index >= 15 is 0 Å². The molecule has 0 bridgehead atoms. The number of unbranched alkanes of at least 4 members (excludes halogenated alkanes) is 6. The smallest absolute Gasteiger partial charge is 0.195 e. The van der Waals surface area contributed by atoms with Crippen molar-refractivity contribution in [1.29, 1.82) is 0 Å². The summed E-state index contributed by atoms with van der Waals surface area (Å²) in [5, 5.41) is 0. The molecule has 0 saturated heterocycles. The Morgan fingerprint density at radius 1 is 0.513 bits per heavy atom. The molecule has 236 valence electrons. The maximum atomic E-state index is 12.9. The molecule has 0 saturated carbocycles. The lowest BCUT2D eigenvalue weighted by molar-refractivity contribution is 0.258. The Morgan fingerprint density at radius 3 is 1.36 bits per heavy atom. The van der Waals surface area contributed by atoms with Gasteiger partial charge in [-0.3, -0.25) is 0 Å². The molecular formula is C29H64N4O4S2. The summed E-state index contributed by atoms with van der Waals surface area (Å²) in [4.78, 5) is 0. The highest BCUT2D eigenvalue weighted by Crippen LogP contribution is 2.31. The first-order valence-electron chi connectivity index (χ1n) is 15.0. The summed E-state index contributed by atoms with van der Waals surface area (Å²) in [6.45, 7) is 14.7. The van der Waals surface area contributed by atoms with E-state index in [1.807, 2.05) is 0 Å². The Balaban J connectivity index is 4.43. The zero-order valence-electron chi connectivity index (χ0n) is 27.4. The van der Waals surface area contributed by atoms with Gasteiger partial charge in [-0.1, -0.05) is 99.3 Å². The lowest BCUT2D eigenvalue weighted by atomic mass is 9.80. The van der Waals surface area contributed by atoms with Gasteiger partial charge in [-0.2, -0.15) is 34.1 Å². The van der Waals surface area contributed by atoms with Gasteiger partial charge >= 0.3 is 0 Å². The van der Waals surface area contributed by atoms with E-state index in [0.29, 0.717) is 17.4 Å². The largest absolute Gasteiger partial charge is 0.281 e. The van der Waals surface area contributed by atoms with E-state index in [1.54, 1.807) is 7.05 Å². The fourth-order valence-corrected chi connectivity index (χ4v) is 6.94. The van der Waals surface area contributed by atoms with Crippen molar-refractivity contribution in [3.8, 4) is 0 Å². The zero-order valence-corrected chi connectivity index (χ0v) is 29.1. The monoisotopic (exact) mass is 596 g/mol. The summed E-state index contributed by atoms with van der Waals surface area (Å²) in [6.07, 6.45) is 14.7. The van der Waals surface area contributed by atoms with Gasteiger partial charge in [0.1, 0.15) is 0 Å². The minimum absolute atomic E-state index is 0.0940. The van der Waals surface area contributed by atoms with E-state index in [4.69, 9.17) is 0 Å². The highest BCUT2D eigenvalue weighted by molar-refractivity contribution is 7.87. The van der Waals surface area contributed by atoms with Crippen molar-refractivity contribution in [1.82, 2.24) is 17.2 Å². The molecule has 0 aromatic carbocycles. The summed E-state index contributed by atoms with van der Waals surface area (Å²) >= 11 is 0. The molecule has 0 spiro atoms. The van der Waals surface area contributed by atoms with E-state index in [1.165, 1.54) is 98.9 Å². The van der Waals surface area contributed by atoms with E-state index in [0.717, 1.165) is 29.5 Å². The average Bonchev–Trinajstić information content (AvgIpc) is 2.79. The fraction of sp³-hybridized carbons (Fsp3) is 1.00. The van der Waals surface area contributed by atoms with Crippen LogP contribution in [0.3, 0.4) is 0 Å². The molecular weight excluding hydrogens is 532 g/mol. The van der Waals surface area contributed by atoms with Crippen LogP contribution in [0.15, 0.2) is 0 Å². The van der Waals surface area contributed by atoms with Crippen LogP contribution in [-0.4, -0.2) is 88.9 Å². The molecule has 0 fully saturated rings. The molecule has 1 unspecified atom stereocenters. The zero-order chi connectivity index (χ0) is 30.5. The van der Waals surface area contributed by atoms with Gasteiger partial charge in [0, 0.05) is 54.9 Å². The van der Waals surface area contributed by atoms with Crippen LogP contribution >= 0.6 is 0 Å². The van der Waals surface area contributed by atoms with Crippen LogP contribution in [0.2, 0.25) is 0 Å². The third kappa shape index (κ3) is 17.3. The van der Waals surface area contributed by atoms with Gasteiger partial charge < -0.3 is 0 Å². The predicted molar refractivity (Wildman–Crippen MR) is 167 cm³/mol. The van der Waals surface area contributed by atoms with Crippen LogP contribution in [0.1, 0.15) is 119 Å². The third-order valence-corrected chi connectivity index (χ3v) is 11.2. The molecule has 0 N–H and O–H groups in total. The summed E-state index contributed by atoms with van der Waals surface area (Å²) in [7, 11) is 0.301. The third-order valence-electron chi connectivity index (χ3n) is 7.40. The maximum Gasteiger partial charge on any atom is 0.281 e. The molecule has 0 heterocycles. The lowest BCUT2D eigenvalue weighted by Crippen LogP contribution is -2.45. The molecule has 0 aliphatic heterocycles. The average molecular weight is 597 g/mol. The van der Waals surface area contributed by atoms with Gasteiger partial charge in [-0.25, -0.2) is 0 Å². The molecule has 10 heteroatoms. The Bertz CT molecular complexity index is 863. The van der Waals surface area contributed by atoms with Crippen LogP contribution in [0.5, 0.6) is 0 Å². The molecule has 0 amide bonds. The molecule has 0 aliphatic carbocycles. The van der Waals surface area contributed by atoms with Crippen molar-refractivity contribution in [2.45, 2.75) is 119 Å². The number of rotatable bonds is 21. The molecule has 8 nitrogen and oxygen atoms in total. The van der Waals surface area contributed by atoms with Gasteiger partial charge in [0.15, 0.2) is 0 Å². The van der Waals surface area contributed by atoms with E-state index < -0.39 is 20.4 Å². The first-order valence-corrected chi connectivity index (χ1v) is 17.8. The molecule has 0 aromatic rings. The Morgan fingerprint density at radius 2 is 0.923 bits per heavy atom. The number of likely N-dealkylation sites (N-methyl/N-ethyl adjacent to an activating group) is 2. The van der Waals surface area contributed by atoms with Gasteiger partial charge in [0.25, 0.3) is 20.4 Å². The van der Waals surface area contributed by atoms with Crippen LogP contribution in [0.4, 0.5) is 0 Å². The summed E-state index contributed by atoms with van der Waals surface area (Å²) in [6, 6.07) is 0. The minimum Gasteiger partial charge on any atom is -0.195 e. The fourth-order valence-electron chi connectivity index (χ4n) is 4.92. The number of hydrogen-bond acceptors (Lipinski definition) is 4. The first-order chi connectivity index (χ1) is 17.7. The molecule has 39 heavy (non-hydrogen) atoms. The quantitative estimate of drug-likeness (QED) is 0.147. The summed E-state index contributed by atoms with van der Waals surface area (Å²) < 4.78 is 54.9. The van der Waals surface area contributed by atoms with Crippen LogP contribution < -0.4 is 0 Å². The molecule has 0 aliphatic rings. The highest BCUT2D eigenvalue weighted by atomic mass is 32.2. The van der Waals surface area contributed by atoms with E-state index in [9.17, 15) is 16.8 Å². The van der Waals surface area contributed by atoms with E-state index in [2.05, 4.69) is 41.5 Å². The lowest BCUT2D eigenvalue weighted by Gasteiger charge is -2.27. The molecule has 0 rings (SSSR count). The number of hydrogen-bond donors (Lipinski definition) is 0. The summed E-state index contributed by atoms with van der Waals surface area (Å²) in [5.74, 6) is 0.777. The van der Waals surface area contributed by atoms with Gasteiger partial charge in [-0.15, -0.1) is 0 Å². The topological polar surface area (TPSA) is 81.2 Å². The second-order valence-electron chi connectivity index (χ2n) is 14.1. The Kier molecular flexibility index (Phi) is 17.5. The molecule has 1 atom stereocenters. The van der Waals surface area contributed by atoms with Gasteiger partial charge in [0.2, 0.25) is 0 Å². The maximum absolute atomic E-state index is 12.9. The standard InChI is InChI=1S/C29H64N4O4S2/c1-28(2,3)22-18-14-12-16-20-27(26-29(4,5)6)21-17-13-15-19-23-31(9)39(36,37)33(11)25-24-32(10)38(34,35)30(7)8/h27H,12-26H2,1-11H3. The van der Waals surface area contributed by atoms with Crippen LogP contribution in [0, 0.1) is 16.7 Å². The SMILES string of the molecule is CN(C)S(=O)(=O)N(C)CCN(C)S(=O)(=O)N(C)CCCCCCC(CCCCCCC(C)(C)C)CC(C)(C)C. The summed E-state index contributed by atoms with van der Waals surface area (Å²) in [5.41, 5.74) is 0.795. The Hall–Kier alpha value is -0.260. The van der Waals surface area contributed by atoms with Crippen molar-refractivity contribution in [2.75, 3.05) is 54.9 Å². The normalized spacial score (nSPS) is 14.7. The second-order valence-corrected chi connectivity index (χ2v) is 18.5. The minimum atomic E-state index is -3.62. The Labute approximate surface area is 244 Å². The molecule has 0 radical (unpaired) electrons. The van der Waals surface area contributed by atoms with Crippen molar-refractivity contribution < 1.29 is 16.8 Å². The van der Waals surface area contributed by atoms with Gasteiger partial charge in [0.05, 0.1) is 0 Å². The highest BCUT2D eigenvalue weighted by Gasteiger charge is 2.26. The second kappa shape index (κ2) is 17.6. The van der Waals surface area contributed by atoms with Crippen molar-refractivity contribution in [3.05, 3.63) is 0 Å². The van der Waals surface area contributed by atoms with Crippen LogP contribution in [-0.2, 0) is 20.4 Å². The van der Waals surface area contributed by atoms with Crippen molar-refractivity contribution in [2.24, 2.45) is 16.7 Å². The van der Waals surface area contributed by atoms with Crippen molar-refractivity contribution >= 4 is 20.4 Å². The number of nitrogens with zero attached hydrogens (tertiary/aromatic N) is 4. The van der Waals surface area contributed by atoms with Crippen molar-refractivity contribution in [3.63, 3.8) is 0 Å². The van der Waals surface area contributed by atoms with E-state index in [-0.39, 0.29) is 13.1 Å².